The minimum absolute atomic E-state index is 0.743. The summed E-state index contributed by atoms with van der Waals surface area (Å²) in [6.45, 7) is 8.78. The largest absolute Gasteiger partial charge is 0.446 e. The highest BCUT2D eigenvalue weighted by Crippen LogP contribution is 2.20. The first-order valence-electron chi connectivity index (χ1n) is 7.64. The van der Waals surface area contributed by atoms with Gasteiger partial charge in [0.05, 0.1) is 5.69 Å². The number of oxazole rings is 1. The first-order chi connectivity index (χ1) is 10.2. The van der Waals surface area contributed by atoms with Gasteiger partial charge in [-0.1, -0.05) is 6.92 Å². The Morgan fingerprint density at radius 1 is 1.29 bits per heavy atom. The van der Waals surface area contributed by atoms with Gasteiger partial charge in [-0.05, 0) is 13.3 Å². The van der Waals surface area contributed by atoms with E-state index in [0.29, 0.717) is 0 Å². The second kappa shape index (κ2) is 5.93. The topological polar surface area (TPSA) is 55.1 Å². The van der Waals surface area contributed by atoms with Gasteiger partial charge in [0.15, 0.2) is 5.89 Å². The van der Waals surface area contributed by atoms with Crippen LogP contribution in [0, 0.1) is 13.8 Å². The Morgan fingerprint density at radius 3 is 2.86 bits per heavy atom. The third kappa shape index (κ3) is 3.13. The molecule has 0 spiro atoms. The van der Waals surface area contributed by atoms with Crippen LogP contribution in [0.2, 0.25) is 0 Å². The van der Waals surface area contributed by atoms with E-state index in [0.717, 1.165) is 62.1 Å². The molecule has 0 aliphatic carbocycles. The zero-order chi connectivity index (χ0) is 14.8. The maximum atomic E-state index is 5.51. The van der Waals surface area contributed by atoms with Gasteiger partial charge in [0.25, 0.3) is 0 Å². The molecule has 0 N–H and O–H groups in total. The van der Waals surface area contributed by atoms with E-state index in [1.165, 1.54) is 11.3 Å². The molecule has 1 aliphatic rings. The van der Waals surface area contributed by atoms with Gasteiger partial charge in [-0.25, -0.2) is 15.0 Å². The first kappa shape index (κ1) is 14.2. The molecule has 2 aromatic heterocycles. The van der Waals surface area contributed by atoms with Crippen molar-refractivity contribution in [2.24, 2.45) is 0 Å². The minimum atomic E-state index is 0.743. The molecule has 0 bridgehead atoms. The number of fused-ring (bicyclic) bond motifs is 1. The lowest BCUT2D eigenvalue weighted by atomic mass is 10.1. The first-order valence-corrected chi connectivity index (χ1v) is 7.64. The summed E-state index contributed by atoms with van der Waals surface area (Å²) in [5.41, 5.74) is 3.51. The number of hydrogen-bond acceptors (Lipinski definition) is 5. The molecule has 0 saturated heterocycles. The Bertz CT molecular complexity index is 635. The Kier molecular flexibility index (Phi) is 4.01. The van der Waals surface area contributed by atoms with Crippen molar-refractivity contribution in [1.29, 1.82) is 0 Å². The van der Waals surface area contributed by atoms with Crippen molar-refractivity contribution < 1.29 is 4.42 Å². The van der Waals surface area contributed by atoms with E-state index in [1.54, 1.807) is 0 Å². The molecule has 0 unspecified atom stereocenters. The van der Waals surface area contributed by atoms with E-state index in [4.69, 9.17) is 9.40 Å². The van der Waals surface area contributed by atoms with Crippen molar-refractivity contribution in [3.05, 3.63) is 40.6 Å². The molecule has 1 aliphatic heterocycles. The molecule has 0 radical (unpaired) electrons. The Hall–Kier alpha value is -1.75. The van der Waals surface area contributed by atoms with Crippen LogP contribution in [-0.4, -0.2) is 26.4 Å². The van der Waals surface area contributed by atoms with Crippen molar-refractivity contribution in [1.82, 2.24) is 19.9 Å². The molecular formula is C16H22N4O. The average molecular weight is 286 g/mol. The minimum Gasteiger partial charge on any atom is -0.446 e. The SMILES string of the molecule is CCCc1ncc2c(n1)CCN(Cc1nc(C)oc1C)C2. The summed E-state index contributed by atoms with van der Waals surface area (Å²) >= 11 is 0. The molecule has 2 aromatic rings. The fraction of sp³-hybridized carbons (Fsp3) is 0.562. The van der Waals surface area contributed by atoms with Crippen LogP contribution in [-0.2, 0) is 25.9 Å². The molecule has 5 heteroatoms. The van der Waals surface area contributed by atoms with Crippen LogP contribution in [0.3, 0.4) is 0 Å². The summed E-state index contributed by atoms with van der Waals surface area (Å²) in [6.07, 6.45) is 5.05. The molecule has 0 fully saturated rings. The van der Waals surface area contributed by atoms with Crippen molar-refractivity contribution in [2.45, 2.75) is 53.1 Å². The number of hydrogen-bond donors (Lipinski definition) is 0. The van der Waals surface area contributed by atoms with Crippen LogP contribution in [0.15, 0.2) is 10.6 Å². The Labute approximate surface area is 125 Å². The molecule has 0 aromatic carbocycles. The smallest absolute Gasteiger partial charge is 0.191 e. The number of aryl methyl sites for hydroxylation is 3. The second-order valence-electron chi connectivity index (χ2n) is 5.70. The van der Waals surface area contributed by atoms with Gasteiger partial charge in [-0.3, -0.25) is 4.90 Å². The van der Waals surface area contributed by atoms with Gasteiger partial charge in [0.2, 0.25) is 0 Å². The standard InChI is InChI=1S/C16H22N4O/c1-4-5-16-17-8-13-9-20(7-6-14(13)19-16)10-15-11(2)21-12(3)18-15/h8H,4-7,9-10H2,1-3H3. The fourth-order valence-corrected chi connectivity index (χ4v) is 2.83. The monoisotopic (exact) mass is 286 g/mol. The lowest BCUT2D eigenvalue weighted by molar-refractivity contribution is 0.239. The van der Waals surface area contributed by atoms with Crippen LogP contribution in [0.5, 0.6) is 0 Å². The molecule has 5 nitrogen and oxygen atoms in total. The molecule has 0 atom stereocenters. The molecule has 0 saturated carbocycles. The molecule has 0 amide bonds. The number of nitrogens with zero attached hydrogens (tertiary/aromatic N) is 4. The van der Waals surface area contributed by atoms with E-state index in [1.807, 2.05) is 20.0 Å². The Morgan fingerprint density at radius 2 is 2.14 bits per heavy atom. The molecule has 3 rings (SSSR count). The summed E-state index contributed by atoms with van der Waals surface area (Å²) in [6, 6.07) is 0. The molecule has 112 valence electrons. The second-order valence-corrected chi connectivity index (χ2v) is 5.70. The summed E-state index contributed by atoms with van der Waals surface area (Å²) in [5, 5.41) is 0. The van der Waals surface area contributed by atoms with E-state index < -0.39 is 0 Å². The van der Waals surface area contributed by atoms with Crippen LogP contribution in [0.1, 0.15) is 47.8 Å². The van der Waals surface area contributed by atoms with Crippen LogP contribution in [0.4, 0.5) is 0 Å². The van der Waals surface area contributed by atoms with Gasteiger partial charge in [0.1, 0.15) is 11.6 Å². The molecular weight excluding hydrogens is 264 g/mol. The van der Waals surface area contributed by atoms with Gasteiger partial charge >= 0.3 is 0 Å². The highest BCUT2D eigenvalue weighted by molar-refractivity contribution is 5.21. The maximum Gasteiger partial charge on any atom is 0.191 e. The van der Waals surface area contributed by atoms with Crippen LogP contribution < -0.4 is 0 Å². The summed E-state index contributed by atoms with van der Waals surface area (Å²) in [7, 11) is 0. The van der Waals surface area contributed by atoms with Gasteiger partial charge in [-0.15, -0.1) is 0 Å². The van der Waals surface area contributed by atoms with E-state index >= 15 is 0 Å². The third-order valence-electron chi connectivity index (χ3n) is 3.91. The number of rotatable bonds is 4. The third-order valence-corrected chi connectivity index (χ3v) is 3.91. The van der Waals surface area contributed by atoms with Crippen LogP contribution >= 0.6 is 0 Å². The fourth-order valence-electron chi connectivity index (χ4n) is 2.83. The highest BCUT2D eigenvalue weighted by atomic mass is 16.4. The lowest BCUT2D eigenvalue weighted by Crippen LogP contribution is -2.31. The summed E-state index contributed by atoms with van der Waals surface area (Å²) in [5.74, 6) is 2.65. The molecule has 21 heavy (non-hydrogen) atoms. The predicted octanol–water partition coefficient (Wildman–Crippen LogP) is 2.59. The average Bonchev–Trinajstić information content (AvgIpc) is 2.77. The van der Waals surface area contributed by atoms with Crippen LogP contribution in [0.25, 0.3) is 0 Å². The maximum absolute atomic E-state index is 5.51. The Balaban J connectivity index is 1.71. The highest BCUT2D eigenvalue weighted by Gasteiger charge is 2.20. The zero-order valence-electron chi connectivity index (χ0n) is 13.0. The van der Waals surface area contributed by atoms with E-state index in [-0.39, 0.29) is 0 Å². The van der Waals surface area contributed by atoms with Crippen molar-refractivity contribution in [3.8, 4) is 0 Å². The van der Waals surface area contributed by atoms with Gasteiger partial charge < -0.3 is 4.42 Å². The lowest BCUT2D eigenvalue weighted by Gasteiger charge is -2.27. The van der Waals surface area contributed by atoms with Crippen molar-refractivity contribution in [2.75, 3.05) is 6.54 Å². The summed E-state index contributed by atoms with van der Waals surface area (Å²) in [4.78, 5) is 16.0. The van der Waals surface area contributed by atoms with Gasteiger partial charge in [0, 0.05) is 56.9 Å². The van der Waals surface area contributed by atoms with E-state index in [9.17, 15) is 0 Å². The van der Waals surface area contributed by atoms with Gasteiger partial charge in [-0.2, -0.15) is 0 Å². The van der Waals surface area contributed by atoms with Crippen molar-refractivity contribution >= 4 is 0 Å². The quantitative estimate of drug-likeness (QED) is 0.864. The molecule has 3 heterocycles. The summed E-state index contributed by atoms with van der Waals surface area (Å²) < 4.78 is 5.51. The van der Waals surface area contributed by atoms with Crippen molar-refractivity contribution in [3.63, 3.8) is 0 Å². The van der Waals surface area contributed by atoms with E-state index in [2.05, 4.69) is 21.8 Å². The predicted molar refractivity (Wildman–Crippen MR) is 79.8 cm³/mol. The zero-order valence-corrected chi connectivity index (χ0v) is 13.0. The normalized spacial score (nSPS) is 15.2. The number of aromatic nitrogens is 3.